The third-order valence-corrected chi connectivity index (χ3v) is 1.78. The van der Waals surface area contributed by atoms with Crippen molar-refractivity contribution < 1.29 is 9.50 Å². The number of nitrogens with zero attached hydrogens (tertiary/aromatic N) is 3. The van der Waals surface area contributed by atoms with Crippen LogP contribution in [-0.4, -0.2) is 20.1 Å². The van der Waals surface area contributed by atoms with Gasteiger partial charge in [0.2, 0.25) is 0 Å². The molecule has 1 aromatic carbocycles. The molecule has 1 heterocycles. The molecule has 0 unspecified atom stereocenters. The molecule has 1 N–H and O–H groups in total. The molecule has 2 rings (SSSR count). The van der Waals surface area contributed by atoms with E-state index in [0.717, 1.165) is 0 Å². The van der Waals surface area contributed by atoms with Gasteiger partial charge in [0.05, 0.1) is 18.5 Å². The summed E-state index contributed by atoms with van der Waals surface area (Å²) < 4.78 is 14.2. The molecule has 4 nitrogen and oxygen atoms in total. The number of hydrogen-bond acceptors (Lipinski definition) is 3. The van der Waals surface area contributed by atoms with Crippen LogP contribution >= 0.6 is 0 Å². The maximum Gasteiger partial charge on any atom is 0.125 e. The normalized spacial score (nSPS) is 10.4. The van der Waals surface area contributed by atoms with Crippen LogP contribution < -0.4 is 0 Å². The Kier molecular flexibility index (Phi) is 2.24. The van der Waals surface area contributed by atoms with Gasteiger partial charge in [0.25, 0.3) is 0 Å². The van der Waals surface area contributed by atoms with Crippen molar-refractivity contribution in [3.8, 4) is 5.69 Å². The molecule has 0 saturated heterocycles. The lowest BCUT2D eigenvalue weighted by molar-refractivity contribution is 0.276. The molecule has 0 atom stereocenters. The minimum absolute atomic E-state index is 0.171. The fourth-order valence-corrected chi connectivity index (χ4v) is 1.12. The first-order chi connectivity index (χ1) is 6.79. The van der Waals surface area contributed by atoms with E-state index in [9.17, 15) is 4.39 Å². The van der Waals surface area contributed by atoms with Crippen LogP contribution in [-0.2, 0) is 6.61 Å². The summed E-state index contributed by atoms with van der Waals surface area (Å²) >= 11 is 0. The number of aromatic nitrogens is 3. The number of hydrogen-bond donors (Lipinski definition) is 1. The van der Waals surface area contributed by atoms with Gasteiger partial charge in [-0.1, -0.05) is 11.3 Å². The number of aliphatic hydroxyl groups is 1. The van der Waals surface area contributed by atoms with Crippen LogP contribution in [0.3, 0.4) is 0 Å². The topological polar surface area (TPSA) is 50.9 Å². The van der Waals surface area contributed by atoms with E-state index in [2.05, 4.69) is 10.3 Å². The molecule has 0 fully saturated rings. The molecule has 72 valence electrons. The Morgan fingerprint density at radius 1 is 1.43 bits per heavy atom. The molecular formula is C9H8FN3O. The van der Waals surface area contributed by atoms with Gasteiger partial charge in [-0.2, -0.15) is 0 Å². The van der Waals surface area contributed by atoms with Crippen molar-refractivity contribution in [2.45, 2.75) is 6.61 Å². The summed E-state index contributed by atoms with van der Waals surface area (Å²) in [4.78, 5) is 0. The predicted molar refractivity (Wildman–Crippen MR) is 47.2 cm³/mol. The van der Waals surface area contributed by atoms with Crippen LogP contribution in [0.15, 0.2) is 30.5 Å². The first-order valence-electron chi connectivity index (χ1n) is 4.07. The number of aliphatic hydroxyl groups excluding tert-OH is 1. The zero-order valence-electron chi connectivity index (χ0n) is 7.26. The SMILES string of the molecule is OCc1cn(-c2cccc(F)c2)nn1. The largest absolute Gasteiger partial charge is 0.390 e. The lowest BCUT2D eigenvalue weighted by Gasteiger charge is -1.98. The summed E-state index contributed by atoms with van der Waals surface area (Å²) in [6, 6.07) is 5.99. The van der Waals surface area contributed by atoms with Gasteiger partial charge in [-0.3, -0.25) is 0 Å². The maximum atomic E-state index is 12.8. The smallest absolute Gasteiger partial charge is 0.125 e. The number of halogens is 1. The van der Waals surface area contributed by atoms with E-state index in [0.29, 0.717) is 11.4 Å². The fourth-order valence-electron chi connectivity index (χ4n) is 1.12. The van der Waals surface area contributed by atoms with E-state index < -0.39 is 0 Å². The van der Waals surface area contributed by atoms with Crippen molar-refractivity contribution in [2.75, 3.05) is 0 Å². The standard InChI is InChI=1S/C9H8FN3O/c10-7-2-1-3-9(4-7)13-5-8(6-14)11-12-13/h1-5,14H,6H2. The van der Waals surface area contributed by atoms with Crippen LogP contribution in [0.2, 0.25) is 0 Å². The Labute approximate surface area is 79.6 Å². The number of rotatable bonds is 2. The van der Waals surface area contributed by atoms with E-state index in [-0.39, 0.29) is 12.4 Å². The van der Waals surface area contributed by atoms with Crippen molar-refractivity contribution in [3.63, 3.8) is 0 Å². The molecule has 0 aliphatic carbocycles. The van der Waals surface area contributed by atoms with Crippen molar-refractivity contribution in [2.24, 2.45) is 0 Å². The molecule has 0 saturated carbocycles. The van der Waals surface area contributed by atoms with E-state index in [1.54, 1.807) is 18.3 Å². The second-order valence-corrected chi connectivity index (χ2v) is 2.79. The summed E-state index contributed by atoms with van der Waals surface area (Å²) in [5.41, 5.74) is 1.03. The first kappa shape index (κ1) is 8.83. The van der Waals surface area contributed by atoms with Crippen LogP contribution in [0, 0.1) is 5.82 Å². The molecule has 0 bridgehead atoms. The average molecular weight is 193 g/mol. The zero-order valence-corrected chi connectivity index (χ0v) is 7.26. The summed E-state index contributed by atoms with van der Waals surface area (Å²) in [7, 11) is 0. The van der Waals surface area contributed by atoms with Gasteiger partial charge in [-0.15, -0.1) is 5.10 Å². The van der Waals surface area contributed by atoms with Gasteiger partial charge in [-0.05, 0) is 18.2 Å². The Bertz CT molecular complexity index is 441. The second-order valence-electron chi connectivity index (χ2n) is 2.79. The van der Waals surface area contributed by atoms with Crippen molar-refractivity contribution in [1.29, 1.82) is 0 Å². The second kappa shape index (κ2) is 3.55. The molecule has 0 aliphatic rings. The van der Waals surface area contributed by atoms with Crippen LogP contribution in [0.25, 0.3) is 5.69 Å². The Morgan fingerprint density at radius 2 is 2.29 bits per heavy atom. The summed E-state index contributed by atoms with van der Waals surface area (Å²) in [6.45, 7) is -0.171. The van der Waals surface area contributed by atoms with Gasteiger partial charge in [0.15, 0.2) is 0 Å². The third-order valence-electron chi connectivity index (χ3n) is 1.78. The molecular weight excluding hydrogens is 185 g/mol. The highest BCUT2D eigenvalue weighted by Gasteiger charge is 2.01. The Hall–Kier alpha value is -1.75. The van der Waals surface area contributed by atoms with Crippen LogP contribution in [0.4, 0.5) is 4.39 Å². The monoisotopic (exact) mass is 193 g/mol. The highest BCUT2D eigenvalue weighted by atomic mass is 19.1. The molecule has 5 heteroatoms. The fraction of sp³-hybridized carbons (Fsp3) is 0.111. The highest BCUT2D eigenvalue weighted by Crippen LogP contribution is 2.08. The lowest BCUT2D eigenvalue weighted by atomic mass is 10.3. The third kappa shape index (κ3) is 1.62. The first-order valence-corrected chi connectivity index (χ1v) is 4.07. The van der Waals surface area contributed by atoms with Crippen LogP contribution in [0.5, 0.6) is 0 Å². The Balaban J connectivity index is 2.39. The number of benzene rings is 1. The van der Waals surface area contributed by atoms with Gasteiger partial charge >= 0.3 is 0 Å². The van der Waals surface area contributed by atoms with E-state index in [1.807, 2.05) is 0 Å². The Morgan fingerprint density at radius 3 is 2.93 bits per heavy atom. The van der Waals surface area contributed by atoms with Gasteiger partial charge < -0.3 is 5.11 Å². The van der Waals surface area contributed by atoms with Crippen molar-refractivity contribution in [1.82, 2.24) is 15.0 Å². The minimum Gasteiger partial charge on any atom is -0.390 e. The molecule has 1 aromatic heterocycles. The molecule has 0 aliphatic heterocycles. The zero-order chi connectivity index (χ0) is 9.97. The lowest BCUT2D eigenvalue weighted by Crippen LogP contribution is -1.94. The molecule has 0 amide bonds. The quantitative estimate of drug-likeness (QED) is 0.770. The maximum absolute atomic E-state index is 12.8. The van der Waals surface area contributed by atoms with E-state index in [1.165, 1.54) is 16.8 Å². The molecule has 2 aromatic rings. The predicted octanol–water partition coefficient (Wildman–Crippen LogP) is 0.899. The van der Waals surface area contributed by atoms with Gasteiger partial charge in [-0.25, -0.2) is 9.07 Å². The summed E-state index contributed by atoms with van der Waals surface area (Å²) in [5, 5.41) is 16.2. The average Bonchev–Trinajstić information content (AvgIpc) is 2.66. The summed E-state index contributed by atoms with van der Waals surface area (Å²) in [5.74, 6) is -0.330. The van der Waals surface area contributed by atoms with Gasteiger partial charge in [0, 0.05) is 0 Å². The van der Waals surface area contributed by atoms with Crippen molar-refractivity contribution >= 4 is 0 Å². The van der Waals surface area contributed by atoms with Gasteiger partial charge in [0.1, 0.15) is 11.5 Å². The van der Waals surface area contributed by atoms with Crippen molar-refractivity contribution in [3.05, 3.63) is 42.0 Å². The molecule has 0 spiro atoms. The summed E-state index contributed by atoms with van der Waals surface area (Å²) in [6.07, 6.45) is 1.55. The minimum atomic E-state index is -0.330. The molecule has 14 heavy (non-hydrogen) atoms. The molecule has 0 radical (unpaired) electrons. The van der Waals surface area contributed by atoms with E-state index >= 15 is 0 Å². The van der Waals surface area contributed by atoms with Crippen LogP contribution in [0.1, 0.15) is 5.69 Å². The highest BCUT2D eigenvalue weighted by molar-refractivity contribution is 5.30. The van der Waals surface area contributed by atoms with E-state index in [4.69, 9.17) is 5.11 Å².